The van der Waals surface area contributed by atoms with Gasteiger partial charge in [0.05, 0.1) is 22.9 Å². The van der Waals surface area contributed by atoms with E-state index in [2.05, 4.69) is 26.6 Å². The molecule has 1 aliphatic heterocycles. The number of carbonyl (C=O) groups is 1. The zero-order valence-corrected chi connectivity index (χ0v) is 15.1. The topological polar surface area (TPSA) is 108 Å². The van der Waals surface area contributed by atoms with Crippen molar-refractivity contribution in [2.75, 3.05) is 18.4 Å². The standard InChI is InChI=1S/C17H16N6O2S/c1-9-14(10(2)25-22-9)12-3-4-13-16(19-12)26-17(20-13)21-15(24)11-5-6-23(7-11)8-18/h3-4,11H,5-7H2,1-2H3,(H,20,21,24)/t11-/m0/s1. The van der Waals surface area contributed by atoms with E-state index >= 15 is 0 Å². The lowest BCUT2D eigenvalue weighted by Crippen LogP contribution is -2.25. The van der Waals surface area contributed by atoms with Gasteiger partial charge in [-0.1, -0.05) is 16.5 Å². The quantitative estimate of drug-likeness (QED) is 0.708. The Bertz CT molecular complexity index is 1010. The maximum Gasteiger partial charge on any atom is 0.231 e. The van der Waals surface area contributed by atoms with Gasteiger partial charge in [0.1, 0.15) is 16.1 Å². The van der Waals surface area contributed by atoms with Crippen LogP contribution in [0.5, 0.6) is 0 Å². The Balaban J connectivity index is 1.57. The summed E-state index contributed by atoms with van der Waals surface area (Å²) in [6.07, 6.45) is 2.76. The van der Waals surface area contributed by atoms with Gasteiger partial charge in [-0.15, -0.1) is 0 Å². The first-order valence-corrected chi connectivity index (χ1v) is 9.03. The van der Waals surface area contributed by atoms with Crippen molar-refractivity contribution >= 4 is 32.7 Å². The van der Waals surface area contributed by atoms with Crippen molar-refractivity contribution in [2.45, 2.75) is 20.3 Å². The van der Waals surface area contributed by atoms with E-state index in [9.17, 15) is 4.79 Å². The third-order valence-electron chi connectivity index (χ3n) is 4.48. The fourth-order valence-electron chi connectivity index (χ4n) is 3.13. The molecule has 0 radical (unpaired) electrons. The van der Waals surface area contributed by atoms with Crippen LogP contribution >= 0.6 is 11.3 Å². The third kappa shape index (κ3) is 2.88. The van der Waals surface area contributed by atoms with Gasteiger partial charge in [-0.05, 0) is 32.4 Å². The summed E-state index contributed by atoms with van der Waals surface area (Å²) < 4.78 is 5.21. The van der Waals surface area contributed by atoms with Crippen LogP contribution in [0.15, 0.2) is 16.7 Å². The predicted molar refractivity (Wildman–Crippen MR) is 96.3 cm³/mol. The Morgan fingerprint density at radius 3 is 2.96 bits per heavy atom. The van der Waals surface area contributed by atoms with E-state index in [0.717, 1.165) is 33.1 Å². The van der Waals surface area contributed by atoms with Crippen LogP contribution in [-0.4, -0.2) is 39.0 Å². The van der Waals surface area contributed by atoms with E-state index in [0.29, 0.717) is 24.6 Å². The van der Waals surface area contributed by atoms with Crippen molar-refractivity contribution in [1.29, 1.82) is 5.26 Å². The van der Waals surface area contributed by atoms with Crippen molar-refractivity contribution in [2.24, 2.45) is 5.92 Å². The van der Waals surface area contributed by atoms with Crippen LogP contribution in [0.2, 0.25) is 0 Å². The highest BCUT2D eigenvalue weighted by Crippen LogP contribution is 2.30. The number of hydrogen-bond acceptors (Lipinski definition) is 8. The number of hydrogen-bond donors (Lipinski definition) is 1. The van der Waals surface area contributed by atoms with Crippen molar-refractivity contribution in [3.63, 3.8) is 0 Å². The van der Waals surface area contributed by atoms with Crippen molar-refractivity contribution in [3.05, 3.63) is 23.6 Å². The molecule has 0 spiro atoms. The Morgan fingerprint density at radius 1 is 1.42 bits per heavy atom. The molecule has 26 heavy (non-hydrogen) atoms. The summed E-state index contributed by atoms with van der Waals surface area (Å²) in [6.45, 7) is 4.81. The number of rotatable bonds is 3. The van der Waals surface area contributed by atoms with Crippen LogP contribution < -0.4 is 5.32 Å². The largest absolute Gasteiger partial charge is 0.361 e. The Kier molecular flexibility index (Phi) is 4.05. The highest BCUT2D eigenvalue weighted by atomic mass is 32.1. The molecule has 1 saturated heterocycles. The molecular weight excluding hydrogens is 352 g/mol. The molecule has 3 aromatic heterocycles. The number of fused-ring (bicyclic) bond motifs is 1. The van der Waals surface area contributed by atoms with Gasteiger partial charge in [0, 0.05) is 13.1 Å². The number of carbonyl (C=O) groups excluding carboxylic acids is 1. The molecule has 1 aliphatic rings. The monoisotopic (exact) mass is 368 g/mol. The van der Waals surface area contributed by atoms with Crippen molar-refractivity contribution in [3.8, 4) is 17.5 Å². The minimum Gasteiger partial charge on any atom is -0.361 e. The summed E-state index contributed by atoms with van der Waals surface area (Å²) in [5, 5.41) is 16.2. The van der Waals surface area contributed by atoms with Crippen molar-refractivity contribution < 1.29 is 9.32 Å². The van der Waals surface area contributed by atoms with E-state index < -0.39 is 0 Å². The number of anilines is 1. The molecule has 132 valence electrons. The maximum atomic E-state index is 12.4. The average molecular weight is 368 g/mol. The summed E-state index contributed by atoms with van der Waals surface area (Å²) in [4.78, 5) is 23.8. The van der Waals surface area contributed by atoms with Crippen LogP contribution in [0, 0.1) is 31.2 Å². The Hall–Kier alpha value is -2.99. The zero-order valence-electron chi connectivity index (χ0n) is 14.3. The number of amides is 1. The lowest BCUT2D eigenvalue weighted by atomic mass is 10.1. The second-order valence-corrected chi connectivity index (χ2v) is 7.24. The lowest BCUT2D eigenvalue weighted by molar-refractivity contribution is -0.119. The summed E-state index contributed by atoms with van der Waals surface area (Å²) >= 11 is 1.33. The fourth-order valence-corrected chi connectivity index (χ4v) is 3.97. The second kappa shape index (κ2) is 6.38. The molecule has 0 aromatic carbocycles. The van der Waals surface area contributed by atoms with Gasteiger partial charge >= 0.3 is 0 Å². The summed E-state index contributed by atoms with van der Waals surface area (Å²) in [5.41, 5.74) is 3.17. The lowest BCUT2D eigenvalue weighted by Gasteiger charge is -2.08. The van der Waals surface area contributed by atoms with Gasteiger partial charge < -0.3 is 14.7 Å². The molecule has 0 aliphatic carbocycles. The number of likely N-dealkylation sites (tertiary alicyclic amines) is 1. The first kappa shape index (κ1) is 16.5. The SMILES string of the molecule is Cc1noc(C)c1-c1ccc2nc(NC(=O)[C@H]3CCN(C#N)C3)sc2n1. The molecule has 1 fully saturated rings. The number of pyridine rings is 1. The summed E-state index contributed by atoms with van der Waals surface area (Å²) in [5.74, 6) is 0.427. The number of nitriles is 1. The van der Waals surface area contributed by atoms with Crippen LogP contribution in [-0.2, 0) is 4.79 Å². The molecule has 0 bridgehead atoms. The minimum atomic E-state index is -0.188. The van der Waals surface area contributed by atoms with Gasteiger partial charge in [0.15, 0.2) is 11.3 Å². The third-order valence-corrected chi connectivity index (χ3v) is 5.36. The second-order valence-electron chi connectivity index (χ2n) is 6.26. The molecule has 3 aromatic rings. The van der Waals surface area contributed by atoms with Gasteiger partial charge in [-0.25, -0.2) is 9.97 Å². The smallest absolute Gasteiger partial charge is 0.231 e. The van der Waals surface area contributed by atoms with E-state index in [1.807, 2.05) is 26.0 Å². The summed E-state index contributed by atoms with van der Waals surface area (Å²) in [6, 6.07) is 3.75. The fraction of sp³-hybridized carbons (Fsp3) is 0.353. The average Bonchev–Trinajstić information content (AvgIpc) is 3.32. The molecule has 9 heteroatoms. The Morgan fingerprint density at radius 2 is 2.27 bits per heavy atom. The highest BCUT2D eigenvalue weighted by Gasteiger charge is 2.28. The minimum absolute atomic E-state index is 0.104. The molecule has 0 unspecified atom stereocenters. The van der Waals surface area contributed by atoms with Gasteiger partial charge in [0.25, 0.3) is 0 Å². The number of nitrogens with zero attached hydrogens (tertiary/aromatic N) is 5. The number of nitrogens with one attached hydrogen (secondary N) is 1. The van der Waals surface area contributed by atoms with Crippen LogP contribution in [0.1, 0.15) is 17.9 Å². The predicted octanol–water partition coefficient (Wildman–Crippen LogP) is 2.70. The first-order chi connectivity index (χ1) is 12.5. The normalized spacial score (nSPS) is 16.8. The van der Waals surface area contributed by atoms with E-state index in [1.165, 1.54) is 11.3 Å². The number of aromatic nitrogens is 3. The van der Waals surface area contributed by atoms with Gasteiger partial charge in [0.2, 0.25) is 5.91 Å². The van der Waals surface area contributed by atoms with E-state index in [-0.39, 0.29) is 11.8 Å². The van der Waals surface area contributed by atoms with E-state index in [4.69, 9.17) is 9.78 Å². The number of thiazole rings is 1. The van der Waals surface area contributed by atoms with Gasteiger partial charge in [-0.3, -0.25) is 4.79 Å². The van der Waals surface area contributed by atoms with Crippen LogP contribution in [0.4, 0.5) is 5.13 Å². The molecule has 1 amide bonds. The molecule has 0 saturated carbocycles. The molecular formula is C17H16N6O2S. The van der Waals surface area contributed by atoms with Gasteiger partial charge in [-0.2, -0.15) is 5.26 Å². The number of aryl methyl sites for hydroxylation is 2. The highest BCUT2D eigenvalue weighted by molar-refractivity contribution is 7.22. The van der Waals surface area contributed by atoms with Crippen LogP contribution in [0.25, 0.3) is 21.6 Å². The molecule has 4 heterocycles. The van der Waals surface area contributed by atoms with E-state index in [1.54, 1.807) is 4.90 Å². The summed E-state index contributed by atoms with van der Waals surface area (Å²) in [7, 11) is 0. The van der Waals surface area contributed by atoms with Crippen LogP contribution in [0.3, 0.4) is 0 Å². The first-order valence-electron chi connectivity index (χ1n) is 8.21. The Labute approximate surface area is 153 Å². The molecule has 8 nitrogen and oxygen atoms in total. The maximum absolute atomic E-state index is 12.4. The van der Waals surface area contributed by atoms with Crippen molar-refractivity contribution in [1.82, 2.24) is 20.0 Å². The molecule has 1 N–H and O–H groups in total. The molecule has 1 atom stereocenters. The molecule has 4 rings (SSSR count). The zero-order chi connectivity index (χ0) is 18.3.